The van der Waals surface area contributed by atoms with E-state index < -0.39 is 17.8 Å². The van der Waals surface area contributed by atoms with Gasteiger partial charge in [0, 0.05) is 34.3 Å². The van der Waals surface area contributed by atoms with E-state index in [1.54, 1.807) is 31.4 Å². The Morgan fingerprint density at radius 3 is 2.58 bits per heavy atom. The van der Waals surface area contributed by atoms with Crippen LogP contribution in [0.5, 0.6) is 11.5 Å². The summed E-state index contributed by atoms with van der Waals surface area (Å²) < 4.78 is 16.6. The Morgan fingerprint density at radius 1 is 1.12 bits per heavy atom. The number of rotatable bonds is 6. The van der Waals surface area contributed by atoms with Crippen molar-refractivity contribution in [1.82, 2.24) is 5.32 Å². The number of nitrogens with one attached hydrogen (secondary N) is 1. The number of carbonyl (C=O) groups excluding carboxylic acids is 2. The van der Waals surface area contributed by atoms with Crippen LogP contribution < -0.4 is 14.8 Å². The summed E-state index contributed by atoms with van der Waals surface area (Å²) in [6.07, 6.45) is 3.18. The number of methoxy groups -OCH3 is 2. The average molecular weight is 468 g/mol. The van der Waals surface area contributed by atoms with Gasteiger partial charge in [0.2, 0.25) is 0 Å². The number of benzene rings is 2. The van der Waals surface area contributed by atoms with Crippen molar-refractivity contribution < 1.29 is 23.8 Å². The van der Waals surface area contributed by atoms with E-state index in [1.807, 2.05) is 31.2 Å². The SMILES string of the molecule is COC(=O)C1=C(C)NC2=CCCC(=O)C2C1c1ccc(OC)c(COc2ccc(Cl)cc2)c1. The molecule has 33 heavy (non-hydrogen) atoms. The molecule has 172 valence electrons. The van der Waals surface area contributed by atoms with Gasteiger partial charge in [0.1, 0.15) is 23.9 Å². The average Bonchev–Trinajstić information content (AvgIpc) is 2.82. The van der Waals surface area contributed by atoms with Gasteiger partial charge in [-0.25, -0.2) is 4.79 Å². The summed E-state index contributed by atoms with van der Waals surface area (Å²) in [6, 6.07) is 12.8. The van der Waals surface area contributed by atoms with Gasteiger partial charge in [-0.3, -0.25) is 4.79 Å². The molecular weight excluding hydrogens is 442 g/mol. The van der Waals surface area contributed by atoms with Crippen molar-refractivity contribution in [2.24, 2.45) is 5.92 Å². The summed E-state index contributed by atoms with van der Waals surface area (Å²) in [4.78, 5) is 25.8. The van der Waals surface area contributed by atoms with Crippen LogP contribution in [0, 0.1) is 5.92 Å². The van der Waals surface area contributed by atoms with Crippen LogP contribution in [0.4, 0.5) is 0 Å². The maximum absolute atomic E-state index is 13.0. The van der Waals surface area contributed by atoms with E-state index in [1.165, 1.54) is 7.11 Å². The third kappa shape index (κ3) is 4.62. The van der Waals surface area contributed by atoms with E-state index in [2.05, 4.69) is 5.32 Å². The van der Waals surface area contributed by atoms with E-state index in [4.69, 9.17) is 25.8 Å². The topological polar surface area (TPSA) is 73.9 Å². The highest BCUT2D eigenvalue weighted by Crippen LogP contribution is 2.44. The number of ketones is 1. The molecule has 0 spiro atoms. The van der Waals surface area contributed by atoms with Crippen LogP contribution >= 0.6 is 11.6 Å². The molecule has 6 nitrogen and oxygen atoms in total. The molecule has 0 bridgehead atoms. The van der Waals surface area contributed by atoms with Crippen molar-refractivity contribution >= 4 is 23.4 Å². The molecule has 1 heterocycles. The lowest BCUT2D eigenvalue weighted by Gasteiger charge is -2.38. The quantitative estimate of drug-likeness (QED) is 0.607. The fourth-order valence-electron chi connectivity index (χ4n) is 4.55. The third-order valence-electron chi connectivity index (χ3n) is 6.09. The number of fused-ring (bicyclic) bond motifs is 1. The number of hydrogen-bond acceptors (Lipinski definition) is 6. The Bertz CT molecular complexity index is 1140. The number of hydrogen-bond donors (Lipinski definition) is 1. The zero-order valence-corrected chi connectivity index (χ0v) is 19.6. The monoisotopic (exact) mass is 467 g/mol. The minimum Gasteiger partial charge on any atom is -0.496 e. The van der Waals surface area contributed by atoms with Gasteiger partial charge in [-0.1, -0.05) is 23.7 Å². The molecule has 4 rings (SSSR count). The fraction of sp³-hybridized carbons (Fsp3) is 0.308. The number of Topliss-reactive ketones (excluding diaryl/α,β-unsaturated/α-hetero) is 1. The van der Waals surface area contributed by atoms with Crippen LogP contribution in [0.1, 0.15) is 36.8 Å². The molecule has 2 aromatic rings. The molecule has 0 saturated heterocycles. The maximum atomic E-state index is 13.0. The van der Waals surface area contributed by atoms with E-state index in [0.717, 1.165) is 16.8 Å². The molecule has 2 aliphatic rings. The van der Waals surface area contributed by atoms with Gasteiger partial charge in [-0.2, -0.15) is 0 Å². The van der Waals surface area contributed by atoms with Gasteiger partial charge in [-0.05, 0) is 55.3 Å². The molecule has 1 aliphatic heterocycles. The number of halogens is 1. The molecular formula is C26H26ClNO5. The van der Waals surface area contributed by atoms with Gasteiger partial charge in [0.25, 0.3) is 0 Å². The molecule has 2 aromatic carbocycles. The Hall–Kier alpha value is -3.25. The normalized spacial score (nSPS) is 19.9. The first-order valence-electron chi connectivity index (χ1n) is 10.8. The minimum atomic E-state index is -0.463. The molecule has 1 aliphatic carbocycles. The van der Waals surface area contributed by atoms with Gasteiger partial charge in [-0.15, -0.1) is 0 Å². The van der Waals surface area contributed by atoms with Crippen molar-refractivity contribution in [1.29, 1.82) is 0 Å². The van der Waals surface area contributed by atoms with E-state index in [0.29, 0.717) is 40.6 Å². The van der Waals surface area contributed by atoms with Crippen LogP contribution in [-0.4, -0.2) is 26.0 Å². The maximum Gasteiger partial charge on any atom is 0.336 e. The molecule has 0 saturated carbocycles. The third-order valence-corrected chi connectivity index (χ3v) is 6.35. The van der Waals surface area contributed by atoms with Crippen LogP contribution in [0.25, 0.3) is 0 Å². The van der Waals surface area contributed by atoms with Crippen molar-refractivity contribution in [2.75, 3.05) is 14.2 Å². The van der Waals surface area contributed by atoms with Gasteiger partial charge >= 0.3 is 5.97 Å². The summed E-state index contributed by atoms with van der Waals surface area (Å²) >= 11 is 5.96. The second-order valence-electron chi connectivity index (χ2n) is 8.09. The lowest BCUT2D eigenvalue weighted by atomic mass is 9.71. The molecule has 0 fully saturated rings. The van der Waals surface area contributed by atoms with Crippen LogP contribution in [-0.2, 0) is 20.9 Å². The summed E-state index contributed by atoms with van der Waals surface area (Å²) in [5.41, 5.74) is 3.64. The molecule has 7 heteroatoms. The Balaban J connectivity index is 1.75. The molecule has 0 aromatic heterocycles. The van der Waals surface area contributed by atoms with Crippen LogP contribution in [0.15, 0.2) is 65.5 Å². The standard InChI is InChI=1S/C26H26ClNO5/c1-15-23(26(30)32-3)24(25-20(28-15)5-4-6-21(25)29)16-7-12-22(31-2)17(13-16)14-33-19-10-8-18(27)9-11-19/h5,7-13,24-25,28H,4,6,14H2,1-3H3. The molecule has 2 atom stereocenters. The molecule has 2 unspecified atom stereocenters. The van der Waals surface area contributed by atoms with Crippen molar-refractivity contribution in [2.45, 2.75) is 32.3 Å². The highest BCUT2D eigenvalue weighted by Gasteiger charge is 2.43. The minimum absolute atomic E-state index is 0.105. The summed E-state index contributed by atoms with van der Waals surface area (Å²) in [6.45, 7) is 2.09. The van der Waals surface area contributed by atoms with Crippen LogP contribution in [0.2, 0.25) is 5.02 Å². The zero-order chi connectivity index (χ0) is 23.5. The number of allylic oxidation sites excluding steroid dienone is 3. The number of esters is 1. The Labute approximate surface area is 198 Å². The Morgan fingerprint density at radius 2 is 1.88 bits per heavy atom. The molecule has 1 N–H and O–H groups in total. The van der Waals surface area contributed by atoms with Gasteiger partial charge in [0.15, 0.2) is 0 Å². The van der Waals surface area contributed by atoms with Gasteiger partial charge < -0.3 is 19.5 Å². The number of carbonyl (C=O) groups is 2. The smallest absolute Gasteiger partial charge is 0.336 e. The van der Waals surface area contributed by atoms with Crippen LogP contribution in [0.3, 0.4) is 0 Å². The second-order valence-corrected chi connectivity index (χ2v) is 8.53. The predicted molar refractivity (Wildman–Crippen MR) is 125 cm³/mol. The first-order valence-corrected chi connectivity index (χ1v) is 11.1. The summed E-state index contributed by atoms with van der Waals surface area (Å²) in [5.74, 6) is 0.0684. The van der Waals surface area contributed by atoms with Gasteiger partial charge in [0.05, 0.1) is 25.7 Å². The summed E-state index contributed by atoms with van der Waals surface area (Å²) in [5, 5.41) is 3.89. The highest BCUT2D eigenvalue weighted by atomic mass is 35.5. The van der Waals surface area contributed by atoms with Crippen molar-refractivity contribution in [3.8, 4) is 11.5 Å². The highest BCUT2D eigenvalue weighted by molar-refractivity contribution is 6.30. The first kappa shape index (κ1) is 22.9. The fourth-order valence-corrected chi connectivity index (χ4v) is 4.68. The molecule has 0 radical (unpaired) electrons. The zero-order valence-electron chi connectivity index (χ0n) is 18.8. The van der Waals surface area contributed by atoms with Crippen molar-refractivity contribution in [3.63, 3.8) is 0 Å². The number of ether oxygens (including phenoxy) is 3. The van der Waals surface area contributed by atoms with E-state index in [9.17, 15) is 9.59 Å². The largest absolute Gasteiger partial charge is 0.496 e. The lowest BCUT2D eigenvalue weighted by Crippen LogP contribution is -2.40. The summed E-state index contributed by atoms with van der Waals surface area (Å²) in [7, 11) is 2.95. The van der Waals surface area contributed by atoms with Crippen molar-refractivity contribution in [3.05, 3.63) is 81.7 Å². The second kappa shape index (κ2) is 9.71. The van der Waals surface area contributed by atoms with E-state index in [-0.39, 0.29) is 12.4 Å². The molecule has 0 amide bonds. The van der Waals surface area contributed by atoms with E-state index >= 15 is 0 Å². The predicted octanol–water partition coefficient (Wildman–Crippen LogP) is 4.92. The Kier molecular flexibility index (Phi) is 6.75. The first-order chi connectivity index (χ1) is 15.9. The lowest BCUT2D eigenvalue weighted by molar-refractivity contribution is -0.136.